The number of amides is 2. The molecule has 1 aromatic carbocycles. The smallest absolute Gasteiger partial charge is 0.258 e. The van der Waals surface area contributed by atoms with Crippen molar-refractivity contribution in [2.75, 3.05) is 6.61 Å². The van der Waals surface area contributed by atoms with Crippen molar-refractivity contribution in [3.8, 4) is 5.75 Å². The minimum absolute atomic E-state index is 0. The van der Waals surface area contributed by atoms with Crippen molar-refractivity contribution in [3.63, 3.8) is 0 Å². The Morgan fingerprint density at radius 3 is 2.43 bits per heavy atom. The Morgan fingerprint density at radius 2 is 1.82 bits per heavy atom. The summed E-state index contributed by atoms with van der Waals surface area (Å²) in [7, 11) is 0. The van der Waals surface area contributed by atoms with E-state index < -0.39 is 0 Å². The summed E-state index contributed by atoms with van der Waals surface area (Å²) in [6.45, 7) is 2.01. The maximum atomic E-state index is 12.7. The van der Waals surface area contributed by atoms with E-state index in [9.17, 15) is 9.59 Å². The SMILES string of the molecule is CC(NC(=O)C1C2CCC(C2)C1N)c1ccc(OCC(=O)NC2CC2)cc1.Cl. The minimum Gasteiger partial charge on any atom is -0.484 e. The Morgan fingerprint density at radius 1 is 1.14 bits per heavy atom. The number of fused-ring (bicyclic) bond motifs is 2. The highest BCUT2D eigenvalue weighted by Crippen LogP contribution is 2.47. The van der Waals surface area contributed by atoms with Gasteiger partial charge in [-0.1, -0.05) is 12.1 Å². The van der Waals surface area contributed by atoms with Crippen molar-refractivity contribution < 1.29 is 14.3 Å². The number of nitrogens with two attached hydrogens (primary N) is 1. The molecule has 5 atom stereocenters. The summed E-state index contributed by atoms with van der Waals surface area (Å²) in [5, 5.41) is 6.02. The first-order chi connectivity index (χ1) is 13.0. The molecule has 7 heteroatoms. The fourth-order valence-electron chi connectivity index (χ4n) is 4.62. The van der Waals surface area contributed by atoms with Crippen LogP contribution in [0.15, 0.2) is 24.3 Å². The van der Waals surface area contributed by atoms with Gasteiger partial charge in [-0.15, -0.1) is 12.4 Å². The monoisotopic (exact) mass is 407 g/mol. The maximum Gasteiger partial charge on any atom is 0.258 e. The van der Waals surface area contributed by atoms with E-state index in [1.165, 1.54) is 6.42 Å². The molecule has 3 fully saturated rings. The molecular formula is C21H30ClN3O3. The normalized spacial score (nSPS) is 28.9. The fraction of sp³-hybridized carbons (Fsp3) is 0.619. The molecule has 1 aromatic rings. The van der Waals surface area contributed by atoms with Crippen molar-refractivity contribution in [2.45, 2.75) is 57.2 Å². The number of carbonyl (C=O) groups excluding carboxylic acids is 2. The molecule has 28 heavy (non-hydrogen) atoms. The maximum absolute atomic E-state index is 12.7. The van der Waals surface area contributed by atoms with Crippen LogP contribution < -0.4 is 21.1 Å². The Kier molecular flexibility index (Phi) is 6.50. The predicted octanol–water partition coefficient (Wildman–Crippen LogP) is 2.32. The van der Waals surface area contributed by atoms with Crippen LogP contribution in [-0.2, 0) is 9.59 Å². The molecule has 4 rings (SSSR count). The zero-order valence-corrected chi connectivity index (χ0v) is 17.0. The summed E-state index contributed by atoms with van der Waals surface area (Å²) >= 11 is 0. The lowest BCUT2D eigenvalue weighted by Gasteiger charge is -2.28. The summed E-state index contributed by atoms with van der Waals surface area (Å²) in [5.41, 5.74) is 7.29. The number of ether oxygens (including phenoxy) is 1. The average molecular weight is 408 g/mol. The van der Waals surface area contributed by atoms with Crippen molar-refractivity contribution in [1.82, 2.24) is 10.6 Å². The second kappa shape index (κ2) is 8.70. The van der Waals surface area contributed by atoms with E-state index in [-0.39, 0.29) is 48.8 Å². The zero-order chi connectivity index (χ0) is 19.0. The molecule has 5 unspecified atom stereocenters. The van der Waals surface area contributed by atoms with Crippen molar-refractivity contribution in [3.05, 3.63) is 29.8 Å². The number of benzene rings is 1. The third kappa shape index (κ3) is 4.61. The first kappa shape index (κ1) is 20.9. The Balaban J connectivity index is 0.00000225. The second-order valence-corrected chi connectivity index (χ2v) is 8.37. The number of rotatable bonds is 7. The highest BCUT2D eigenvalue weighted by Gasteiger charge is 2.49. The third-order valence-electron chi connectivity index (χ3n) is 6.33. The fourth-order valence-corrected chi connectivity index (χ4v) is 4.62. The molecule has 3 saturated carbocycles. The summed E-state index contributed by atoms with van der Waals surface area (Å²) in [6, 6.07) is 7.80. The van der Waals surface area contributed by atoms with Crippen molar-refractivity contribution in [2.24, 2.45) is 23.5 Å². The molecule has 6 nitrogen and oxygen atoms in total. The molecule has 3 aliphatic rings. The largest absolute Gasteiger partial charge is 0.484 e. The number of carbonyl (C=O) groups is 2. The second-order valence-electron chi connectivity index (χ2n) is 8.37. The molecular weight excluding hydrogens is 378 g/mol. The van der Waals surface area contributed by atoms with Crippen molar-refractivity contribution >= 4 is 24.2 Å². The van der Waals surface area contributed by atoms with E-state index in [2.05, 4.69) is 10.6 Å². The molecule has 0 aliphatic heterocycles. The van der Waals surface area contributed by atoms with Gasteiger partial charge in [0.25, 0.3) is 5.91 Å². The highest BCUT2D eigenvalue weighted by atomic mass is 35.5. The van der Waals surface area contributed by atoms with Crippen LogP contribution in [0.1, 0.15) is 50.6 Å². The lowest BCUT2D eigenvalue weighted by molar-refractivity contribution is -0.127. The summed E-state index contributed by atoms with van der Waals surface area (Å²) < 4.78 is 5.53. The standard InChI is InChI=1S/C21H29N3O3.ClH/c1-12(23-21(26)19-14-2-3-15(10-14)20(19)22)13-4-8-17(9-5-13)27-11-18(25)24-16-6-7-16;/h4-5,8-9,12,14-16,19-20H,2-3,6-7,10-11,22H2,1H3,(H,23,26)(H,24,25);1H. The van der Waals surface area contributed by atoms with Gasteiger partial charge in [-0.05, 0) is 68.6 Å². The number of hydrogen-bond donors (Lipinski definition) is 3. The molecule has 3 aliphatic carbocycles. The molecule has 2 bridgehead atoms. The molecule has 0 spiro atoms. The quantitative estimate of drug-likeness (QED) is 0.646. The molecule has 0 radical (unpaired) electrons. The van der Waals surface area contributed by atoms with E-state index in [0.717, 1.165) is 31.2 Å². The van der Waals surface area contributed by atoms with E-state index in [1.807, 2.05) is 31.2 Å². The van der Waals surface area contributed by atoms with E-state index in [0.29, 0.717) is 23.6 Å². The van der Waals surface area contributed by atoms with Gasteiger partial charge >= 0.3 is 0 Å². The Labute approximate surface area is 172 Å². The number of halogens is 1. The van der Waals surface area contributed by atoms with Gasteiger partial charge in [-0.25, -0.2) is 0 Å². The van der Waals surface area contributed by atoms with Crippen LogP contribution in [0.2, 0.25) is 0 Å². The molecule has 4 N–H and O–H groups in total. The number of nitrogens with one attached hydrogen (secondary N) is 2. The van der Waals surface area contributed by atoms with Gasteiger partial charge in [0, 0.05) is 12.1 Å². The highest BCUT2D eigenvalue weighted by molar-refractivity contribution is 5.85. The van der Waals surface area contributed by atoms with Gasteiger partial charge in [0.1, 0.15) is 5.75 Å². The number of hydrogen-bond acceptors (Lipinski definition) is 4. The molecule has 154 valence electrons. The summed E-state index contributed by atoms with van der Waals surface area (Å²) in [4.78, 5) is 24.4. The van der Waals surface area contributed by atoms with Gasteiger partial charge in [-0.3, -0.25) is 9.59 Å². The summed E-state index contributed by atoms with van der Waals surface area (Å²) in [5.74, 6) is 1.59. The lowest BCUT2D eigenvalue weighted by atomic mass is 9.84. The van der Waals surface area contributed by atoms with E-state index in [4.69, 9.17) is 10.5 Å². The van der Waals surface area contributed by atoms with Crippen LogP contribution in [0.4, 0.5) is 0 Å². The molecule has 0 aromatic heterocycles. The Hall–Kier alpha value is -1.79. The van der Waals surface area contributed by atoms with Crippen LogP contribution in [0.3, 0.4) is 0 Å². The van der Waals surface area contributed by atoms with Gasteiger partial charge in [0.2, 0.25) is 5.91 Å². The average Bonchev–Trinajstić information content (AvgIpc) is 3.24. The van der Waals surface area contributed by atoms with Crippen LogP contribution >= 0.6 is 12.4 Å². The molecule has 0 saturated heterocycles. The van der Waals surface area contributed by atoms with Crippen LogP contribution in [0, 0.1) is 17.8 Å². The van der Waals surface area contributed by atoms with E-state index in [1.54, 1.807) is 0 Å². The first-order valence-corrected chi connectivity index (χ1v) is 10.1. The Bertz CT molecular complexity index is 705. The van der Waals surface area contributed by atoms with Crippen LogP contribution in [-0.4, -0.2) is 30.5 Å². The molecule has 0 heterocycles. The third-order valence-corrected chi connectivity index (χ3v) is 6.33. The zero-order valence-electron chi connectivity index (χ0n) is 16.2. The van der Waals surface area contributed by atoms with Gasteiger partial charge in [-0.2, -0.15) is 0 Å². The molecule has 2 amide bonds. The lowest BCUT2D eigenvalue weighted by Crippen LogP contribution is -2.45. The van der Waals surface area contributed by atoms with Gasteiger partial charge < -0.3 is 21.1 Å². The minimum atomic E-state index is -0.0870. The van der Waals surface area contributed by atoms with E-state index >= 15 is 0 Å². The first-order valence-electron chi connectivity index (χ1n) is 10.1. The predicted molar refractivity (Wildman–Crippen MR) is 109 cm³/mol. The van der Waals surface area contributed by atoms with Crippen LogP contribution in [0.25, 0.3) is 0 Å². The van der Waals surface area contributed by atoms with Gasteiger partial charge in [0.05, 0.1) is 12.0 Å². The van der Waals surface area contributed by atoms with Gasteiger partial charge in [0.15, 0.2) is 6.61 Å². The van der Waals surface area contributed by atoms with Crippen LogP contribution in [0.5, 0.6) is 5.75 Å². The topological polar surface area (TPSA) is 93.5 Å². The van der Waals surface area contributed by atoms with Crippen molar-refractivity contribution in [1.29, 1.82) is 0 Å². The summed E-state index contributed by atoms with van der Waals surface area (Å²) in [6.07, 6.45) is 5.54.